The maximum atomic E-state index is 5.52. The second-order valence-corrected chi connectivity index (χ2v) is 6.76. The number of nitrogens with zero attached hydrogens (tertiary/aromatic N) is 2. The van der Waals surface area contributed by atoms with Crippen LogP contribution in [0.15, 0.2) is 47.5 Å². The number of likely N-dealkylation sites (tertiary alicyclic amines) is 1. The first-order chi connectivity index (χ1) is 13.7. The molecule has 0 saturated carbocycles. The Bertz CT molecular complexity index is 811. The molecule has 6 nitrogen and oxygen atoms in total. The van der Waals surface area contributed by atoms with Crippen molar-refractivity contribution in [2.24, 2.45) is 4.99 Å². The lowest BCUT2D eigenvalue weighted by Crippen LogP contribution is -2.39. The van der Waals surface area contributed by atoms with E-state index in [0.29, 0.717) is 12.5 Å². The smallest absolute Gasteiger partial charge is 0.193 e. The second-order valence-electron chi connectivity index (χ2n) is 6.76. The Labute approximate surface area is 190 Å². The van der Waals surface area contributed by atoms with Crippen LogP contribution in [0.1, 0.15) is 23.5 Å². The summed E-state index contributed by atoms with van der Waals surface area (Å²) in [7, 11) is 6.83. The normalized spacial score (nSPS) is 16.2. The van der Waals surface area contributed by atoms with Crippen LogP contribution in [0.2, 0.25) is 0 Å². The Morgan fingerprint density at radius 2 is 1.83 bits per heavy atom. The highest BCUT2D eigenvalue weighted by Gasteiger charge is 2.26. The summed E-state index contributed by atoms with van der Waals surface area (Å²) in [6.45, 7) is 2.55. The predicted molar refractivity (Wildman–Crippen MR) is 127 cm³/mol. The van der Waals surface area contributed by atoms with Gasteiger partial charge in [0.2, 0.25) is 0 Å². The third-order valence-electron chi connectivity index (χ3n) is 5.21. The number of hydrogen-bond acceptors (Lipinski definition) is 4. The highest BCUT2D eigenvalue weighted by Crippen LogP contribution is 2.31. The summed E-state index contributed by atoms with van der Waals surface area (Å²) in [5.41, 5.74) is 2.38. The number of aliphatic imine (C=N–C) groups is 1. The van der Waals surface area contributed by atoms with Gasteiger partial charge in [-0.25, -0.2) is 0 Å². The lowest BCUT2D eigenvalue weighted by molar-refractivity contribution is 0.351. The topological polar surface area (TPSA) is 55.3 Å². The molecule has 1 fully saturated rings. The number of para-hydroxylation sites is 1. The van der Waals surface area contributed by atoms with Crippen molar-refractivity contribution in [2.45, 2.75) is 18.9 Å². The van der Waals surface area contributed by atoms with Crippen molar-refractivity contribution in [1.29, 1.82) is 0 Å². The van der Waals surface area contributed by atoms with Crippen molar-refractivity contribution >= 4 is 29.9 Å². The first kappa shape index (κ1) is 23.1. The number of guanidine groups is 1. The average molecular weight is 511 g/mol. The molecular formula is C22H30IN3O3. The van der Waals surface area contributed by atoms with Crippen LogP contribution in [-0.2, 0) is 6.54 Å². The van der Waals surface area contributed by atoms with Crippen LogP contribution < -0.4 is 19.5 Å². The monoisotopic (exact) mass is 511 g/mol. The van der Waals surface area contributed by atoms with E-state index in [-0.39, 0.29) is 24.0 Å². The zero-order valence-corrected chi connectivity index (χ0v) is 19.8. The van der Waals surface area contributed by atoms with Crippen molar-refractivity contribution in [3.8, 4) is 17.2 Å². The van der Waals surface area contributed by atoms with Gasteiger partial charge in [-0.1, -0.05) is 24.3 Å². The number of methoxy groups -OCH3 is 3. The standard InChI is InChI=1S/C22H29N3O3.HI/c1-23-22(24-14-17-6-5-7-20(27-3)21(17)28-4)25-13-12-18(15-25)16-8-10-19(26-2)11-9-16;/h5-11,18H,12-15H2,1-4H3,(H,23,24);1H. The van der Waals surface area contributed by atoms with E-state index in [2.05, 4.69) is 27.3 Å². The number of rotatable bonds is 6. The zero-order chi connectivity index (χ0) is 19.9. The van der Waals surface area contributed by atoms with Gasteiger partial charge in [0.25, 0.3) is 0 Å². The van der Waals surface area contributed by atoms with E-state index < -0.39 is 0 Å². The van der Waals surface area contributed by atoms with Crippen molar-refractivity contribution in [3.05, 3.63) is 53.6 Å². The number of halogens is 1. The minimum absolute atomic E-state index is 0. The summed E-state index contributed by atoms with van der Waals surface area (Å²) in [5, 5.41) is 3.46. The minimum Gasteiger partial charge on any atom is -0.497 e. The van der Waals surface area contributed by atoms with Gasteiger partial charge in [-0.15, -0.1) is 24.0 Å². The Kier molecular flexibility index (Phi) is 8.88. The van der Waals surface area contributed by atoms with Crippen molar-refractivity contribution in [3.63, 3.8) is 0 Å². The quantitative estimate of drug-likeness (QED) is 0.363. The van der Waals surface area contributed by atoms with Crippen molar-refractivity contribution in [1.82, 2.24) is 10.2 Å². The molecule has 0 bridgehead atoms. The third-order valence-corrected chi connectivity index (χ3v) is 5.21. The van der Waals surface area contributed by atoms with Crippen LogP contribution in [0.25, 0.3) is 0 Å². The Balaban J connectivity index is 0.00000300. The van der Waals surface area contributed by atoms with E-state index in [9.17, 15) is 0 Å². The van der Waals surface area contributed by atoms with Gasteiger partial charge < -0.3 is 24.4 Å². The molecule has 1 N–H and O–H groups in total. The fourth-order valence-corrected chi connectivity index (χ4v) is 3.70. The number of benzene rings is 2. The van der Waals surface area contributed by atoms with Gasteiger partial charge in [-0.3, -0.25) is 4.99 Å². The van der Waals surface area contributed by atoms with Crippen LogP contribution in [-0.4, -0.2) is 52.3 Å². The fourth-order valence-electron chi connectivity index (χ4n) is 3.70. The molecule has 0 aromatic heterocycles. The van der Waals surface area contributed by atoms with Crippen LogP contribution in [0, 0.1) is 0 Å². The Morgan fingerprint density at radius 3 is 2.45 bits per heavy atom. The molecule has 0 amide bonds. The van der Waals surface area contributed by atoms with Crippen LogP contribution >= 0.6 is 24.0 Å². The molecule has 1 atom stereocenters. The van der Waals surface area contributed by atoms with Crippen molar-refractivity contribution < 1.29 is 14.2 Å². The highest BCUT2D eigenvalue weighted by atomic mass is 127. The van der Waals surface area contributed by atoms with E-state index in [1.54, 1.807) is 21.3 Å². The molecule has 2 aromatic carbocycles. The predicted octanol–water partition coefficient (Wildman–Crippen LogP) is 3.90. The van der Waals surface area contributed by atoms with E-state index >= 15 is 0 Å². The summed E-state index contributed by atoms with van der Waals surface area (Å²) < 4.78 is 16.2. The number of nitrogens with one attached hydrogen (secondary N) is 1. The molecule has 0 radical (unpaired) electrons. The molecule has 1 saturated heterocycles. The summed E-state index contributed by atoms with van der Waals surface area (Å²) in [6, 6.07) is 14.3. The molecule has 0 aliphatic carbocycles. The first-order valence-electron chi connectivity index (χ1n) is 9.49. The van der Waals surface area contributed by atoms with Crippen LogP contribution in [0.4, 0.5) is 0 Å². The summed E-state index contributed by atoms with van der Waals surface area (Å²) in [4.78, 5) is 6.79. The van der Waals surface area contributed by atoms with Gasteiger partial charge in [0, 0.05) is 38.2 Å². The molecule has 158 valence electrons. The van der Waals surface area contributed by atoms with E-state index in [4.69, 9.17) is 14.2 Å². The van der Waals surface area contributed by atoms with E-state index in [0.717, 1.165) is 48.3 Å². The maximum Gasteiger partial charge on any atom is 0.193 e. The molecule has 1 unspecified atom stereocenters. The number of ether oxygens (including phenoxy) is 3. The van der Waals surface area contributed by atoms with E-state index in [1.165, 1.54) is 5.56 Å². The zero-order valence-electron chi connectivity index (χ0n) is 17.5. The molecule has 2 aromatic rings. The largest absolute Gasteiger partial charge is 0.497 e. The summed E-state index contributed by atoms with van der Waals surface area (Å²) in [6.07, 6.45) is 1.11. The molecule has 29 heavy (non-hydrogen) atoms. The molecule has 7 heteroatoms. The molecule has 0 spiro atoms. The highest BCUT2D eigenvalue weighted by molar-refractivity contribution is 14.0. The lowest BCUT2D eigenvalue weighted by atomic mass is 9.98. The molecule has 1 aliphatic heterocycles. The molecule has 3 rings (SSSR count). The van der Waals surface area contributed by atoms with E-state index in [1.807, 2.05) is 37.4 Å². The van der Waals surface area contributed by atoms with Gasteiger partial charge in [-0.2, -0.15) is 0 Å². The van der Waals surface area contributed by atoms with Gasteiger partial charge in [0.15, 0.2) is 17.5 Å². The van der Waals surface area contributed by atoms with Gasteiger partial charge in [0.1, 0.15) is 5.75 Å². The third kappa shape index (κ3) is 5.46. The minimum atomic E-state index is 0. The van der Waals surface area contributed by atoms with Gasteiger partial charge >= 0.3 is 0 Å². The molecule has 1 aliphatic rings. The van der Waals surface area contributed by atoms with Crippen LogP contribution in [0.5, 0.6) is 17.2 Å². The Morgan fingerprint density at radius 1 is 1.07 bits per heavy atom. The second kappa shape index (κ2) is 11.1. The summed E-state index contributed by atoms with van der Waals surface area (Å²) in [5.74, 6) is 3.78. The molecular weight excluding hydrogens is 481 g/mol. The maximum absolute atomic E-state index is 5.52. The Hall–Kier alpha value is -2.16. The van der Waals surface area contributed by atoms with Gasteiger partial charge in [0.05, 0.1) is 21.3 Å². The first-order valence-corrected chi connectivity index (χ1v) is 9.49. The lowest BCUT2D eigenvalue weighted by Gasteiger charge is -2.22. The van der Waals surface area contributed by atoms with Crippen molar-refractivity contribution in [2.75, 3.05) is 41.5 Å². The van der Waals surface area contributed by atoms with Gasteiger partial charge in [-0.05, 0) is 30.2 Å². The SMILES string of the molecule is CN=C(NCc1cccc(OC)c1OC)N1CCC(c2ccc(OC)cc2)C1.I. The molecule has 1 heterocycles. The fraction of sp³-hybridized carbons (Fsp3) is 0.409. The average Bonchev–Trinajstić information content (AvgIpc) is 3.24. The number of hydrogen-bond donors (Lipinski definition) is 1. The van der Waals surface area contributed by atoms with Crippen LogP contribution in [0.3, 0.4) is 0 Å². The summed E-state index contributed by atoms with van der Waals surface area (Å²) >= 11 is 0.